The molecule has 0 spiro atoms. The van der Waals surface area contributed by atoms with Crippen molar-refractivity contribution >= 4 is 29.3 Å². The van der Waals surface area contributed by atoms with Crippen LogP contribution in [0.2, 0.25) is 0 Å². The first-order valence-electron chi connectivity index (χ1n) is 10.7. The first-order valence-corrected chi connectivity index (χ1v) is 10.7. The lowest BCUT2D eigenvalue weighted by molar-refractivity contribution is -0.116. The van der Waals surface area contributed by atoms with Gasteiger partial charge >= 0.3 is 6.09 Å². The third kappa shape index (κ3) is 9.67. The van der Waals surface area contributed by atoms with Crippen molar-refractivity contribution in [3.8, 4) is 0 Å². The molecule has 3 N–H and O–H groups in total. The van der Waals surface area contributed by atoms with E-state index < -0.39 is 23.3 Å². The summed E-state index contributed by atoms with van der Waals surface area (Å²) in [5, 5.41) is 7.85. The highest BCUT2D eigenvalue weighted by Crippen LogP contribution is 2.24. The molecule has 2 rings (SSSR count). The Morgan fingerprint density at radius 2 is 1.52 bits per heavy atom. The Morgan fingerprint density at radius 3 is 2.18 bits per heavy atom. The van der Waals surface area contributed by atoms with Crippen LogP contribution in [0.4, 0.5) is 25.0 Å². The number of halogens is 2. The van der Waals surface area contributed by atoms with Gasteiger partial charge in [-0.05, 0) is 76.1 Å². The summed E-state index contributed by atoms with van der Waals surface area (Å²) in [6.45, 7) is 5.57. The zero-order valence-electron chi connectivity index (χ0n) is 19.0. The molecular weight excluding hydrogens is 432 g/mol. The van der Waals surface area contributed by atoms with Gasteiger partial charge in [-0.1, -0.05) is 6.42 Å². The number of hydrogen-bond acceptors (Lipinski definition) is 4. The molecular formula is C24H29F2N3O4. The van der Waals surface area contributed by atoms with E-state index >= 15 is 0 Å². The molecule has 0 saturated carbocycles. The number of benzene rings is 2. The van der Waals surface area contributed by atoms with Crippen molar-refractivity contribution in [2.75, 3.05) is 17.2 Å². The predicted molar refractivity (Wildman–Crippen MR) is 122 cm³/mol. The second-order valence-electron chi connectivity index (χ2n) is 8.44. The quantitative estimate of drug-likeness (QED) is 0.445. The number of nitrogens with one attached hydrogen (secondary N) is 3. The third-order valence-corrected chi connectivity index (χ3v) is 4.36. The maximum atomic E-state index is 13.7. The Hall–Kier alpha value is -3.49. The maximum absolute atomic E-state index is 13.7. The molecule has 3 amide bonds. The van der Waals surface area contributed by atoms with E-state index in [0.29, 0.717) is 31.4 Å². The minimum atomic E-state index is -0.715. The SMILES string of the molecule is CC(C)(C)OC(=O)Nc1ccc(F)cc1NC(=O)CCCCCNC(=O)c1ccc(F)cc1. The molecule has 0 radical (unpaired) electrons. The number of amides is 3. The van der Waals surface area contributed by atoms with Crippen LogP contribution in [-0.4, -0.2) is 30.1 Å². The van der Waals surface area contributed by atoms with Crippen LogP contribution in [-0.2, 0) is 9.53 Å². The number of ether oxygens (including phenoxy) is 1. The molecule has 0 saturated heterocycles. The van der Waals surface area contributed by atoms with E-state index in [1.165, 1.54) is 36.4 Å². The van der Waals surface area contributed by atoms with E-state index in [1.807, 2.05) is 0 Å². The summed E-state index contributed by atoms with van der Waals surface area (Å²) >= 11 is 0. The maximum Gasteiger partial charge on any atom is 0.412 e. The summed E-state index contributed by atoms with van der Waals surface area (Å²) in [5.41, 5.74) is 0.0352. The number of carbonyl (C=O) groups is 3. The molecule has 178 valence electrons. The van der Waals surface area contributed by atoms with Crippen LogP contribution in [0.15, 0.2) is 42.5 Å². The Kier molecular flexibility index (Phi) is 9.32. The molecule has 7 nitrogen and oxygen atoms in total. The van der Waals surface area contributed by atoms with Gasteiger partial charge in [0.25, 0.3) is 5.91 Å². The average molecular weight is 462 g/mol. The van der Waals surface area contributed by atoms with Gasteiger partial charge in [-0.3, -0.25) is 14.9 Å². The first kappa shape index (κ1) is 25.8. The third-order valence-electron chi connectivity index (χ3n) is 4.36. The minimum Gasteiger partial charge on any atom is -0.444 e. The number of anilines is 2. The van der Waals surface area contributed by atoms with Crippen LogP contribution < -0.4 is 16.0 Å². The fourth-order valence-corrected chi connectivity index (χ4v) is 2.85. The normalized spacial score (nSPS) is 10.9. The smallest absolute Gasteiger partial charge is 0.412 e. The van der Waals surface area contributed by atoms with Crippen molar-refractivity contribution in [2.24, 2.45) is 0 Å². The van der Waals surface area contributed by atoms with E-state index in [0.717, 1.165) is 6.07 Å². The zero-order chi connectivity index (χ0) is 24.4. The topological polar surface area (TPSA) is 96.5 Å². The van der Waals surface area contributed by atoms with Gasteiger partial charge in [-0.15, -0.1) is 0 Å². The highest BCUT2D eigenvalue weighted by atomic mass is 19.1. The molecule has 0 aromatic heterocycles. The van der Waals surface area contributed by atoms with Gasteiger partial charge in [-0.2, -0.15) is 0 Å². The second-order valence-corrected chi connectivity index (χ2v) is 8.44. The summed E-state index contributed by atoms with van der Waals surface area (Å²) in [7, 11) is 0. The number of carbonyl (C=O) groups excluding carboxylic acids is 3. The van der Waals surface area contributed by atoms with Gasteiger partial charge in [0.05, 0.1) is 11.4 Å². The highest BCUT2D eigenvalue weighted by Gasteiger charge is 2.18. The molecule has 0 atom stereocenters. The summed E-state index contributed by atoms with van der Waals surface area (Å²) in [5.74, 6) is -1.58. The van der Waals surface area contributed by atoms with Crippen LogP contribution in [0, 0.1) is 11.6 Å². The van der Waals surface area contributed by atoms with Gasteiger partial charge in [0, 0.05) is 18.5 Å². The average Bonchev–Trinajstić information content (AvgIpc) is 2.71. The van der Waals surface area contributed by atoms with Crippen molar-refractivity contribution < 1.29 is 27.9 Å². The van der Waals surface area contributed by atoms with Gasteiger partial charge < -0.3 is 15.4 Å². The fraction of sp³-hybridized carbons (Fsp3) is 0.375. The van der Waals surface area contributed by atoms with E-state index in [2.05, 4.69) is 16.0 Å². The number of rotatable bonds is 9. The lowest BCUT2D eigenvalue weighted by Gasteiger charge is -2.20. The molecule has 0 heterocycles. The van der Waals surface area contributed by atoms with E-state index in [-0.39, 0.29) is 29.6 Å². The van der Waals surface area contributed by atoms with Gasteiger partial charge in [-0.25, -0.2) is 13.6 Å². The molecule has 0 aliphatic rings. The molecule has 2 aromatic rings. The van der Waals surface area contributed by atoms with Crippen molar-refractivity contribution in [2.45, 2.75) is 52.1 Å². The minimum absolute atomic E-state index is 0.137. The van der Waals surface area contributed by atoms with Crippen molar-refractivity contribution in [1.82, 2.24) is 5.32 Å². The summed E-state index contributed by atoms with van der Waals surface area (Å²) in [6.07, 6.45) is 1.37. The Bertz CT molecular complexity index is 973. The monoisotopic (exact) mass is 461 g/mol. The van der Waals surface area contributed by atoms with E-state index in [1.54, 1.807) is 20.8 Å². The zero-order valence-corrected chi connectivity index (χ0v) is 19.0. The van der Waals surface area contributed by atoms with Crippen molar-refractivity contribution in [1.29, 1.82) is 0 Å². The van der Waals surface area contributed by atoms with Crippen molar-refractivity contribution in [3.05, 3.63) is 59.7 Å². The van der Waals surface area contributed by atoms with Crippen LogP contribution in [0.5, 0.6) is 0 Å². The lowest BCUT2D eigenvalue weighted by atomic mass is 10.1. The second kappa shape index (κ2) is 11.9. The summed E-state index contributed by atoms with van der Waals surface area (Å²) < 4.78 is 31.7. The molecule has 0 fully saturated rings. The number of hydrogen-bond donors (Lipinski definition) is 3. The van der Waals surface area contributed by atoms with Gasteiger partial charge in [0.2, 0.25) is 5.91 Å². The molecule has 33 heavy (non-hydrogen) atoms. The number of unbranched alkanes of at least 4 members (excludes halogenated alkanes) is 2. The summed E-state index contributed by atoms with van der Waals surface area (Å²) in [6, 6.07) is 8.90. The predicted octanol–water partition coefficient (Wildman–Crippen LogP) is 5.24. The van der Waals surface area contributed by atoms with Crippen LogP contribution >= 0.6 is 0 Å². The fourth-order valence-electron chi connectivity index (χ4n) is 2.85. The Balaban J connectivity index is 1.74. The van der Waals surface area contributed by atoms with Crippen LogP contribution in [0.1, 0.15) is 56.8 Å². The van der Waals surface area contributed by atoms with Gasteiger partial charge in [0.1, 0.15) is 17.2 Å². The summed E-state index contributed by atoms with van der Waals surface area (Å²) in [4.78, 5) is 36.2. The molecule has 0 aliphatic carbocycles. The first-order chi connectivity index (χ1) is 15.5. The Morgan fingerprint density at radius 1 is 0.848 bits per heavy atom. The molecule has 2 aromatic carbocycles. The molecule has 0 unspecified atom stereocenters. The van der Waals surface area contributed by atoms with E-state index in [4.69, 9.17) is 4.74 Å². The molecule has 0 aliphatic heterocycles. The standard InChI is InChI=1S/C24H29F2N3O4/c1-24(2,3)33-23(32)29-19-13-12-18(26)15-20(19)28-21(30)7-5-4-6-14-27-22(31)16-8-10-17(25)11-9-16/h8-13,15H,4-7,14H2,1-3H3,(H,27,31)(H,28,30)(H,29,32). The van der Waals surface area contributed by atoms with Crippen LogP contribution in [0.25, 0.3) is 0 Å². The largest absolute Gasteiger partial charge is 0.444 e. The van der Waals surface area contributed by atoms with Gasteiger partial charge in [0.15, 0.2) is 0 Å². The van der Waals surface area contributed by atoms with E-state index in [9.17, 15) is 23.2 Å². The lowest BCUT2D eigenvalue weighted by Crippen LogP contribution is -2.27. The molecule has 9 heteroatoms. The molecule has 0 bridgehead atoms. The van der Waals surface area contributed by atoms with Crippen molar-refractivity contribution in [3.63, 3.8) is 0 Å². The highest BCUT2D eigenvalue weighted by molar-refractivity contribution is 5.97. The van der Waals surface area contributed by atoms with Crippen LogP contribution in [0.3, 0.4) is 0 Å². The Labute approximate surface area is 191 Å².